The van der Waals surface area contributed by atoms with Gasteiger partial charge in [-0.2, -0.15) is 0 Å². The van der Waals surface area contributed by atoms with E-state index in [2.05, 4.69) is 34.3 Å². The van der Waals surface area contributed by atoms with Crippen molar-refractivity contribution in [3.8, 4) is 0 Å². The standard InChI is InChI=1S/C19H25N3OS/c1-3-22-11-9-16(10-12-22)21-19(23)18-14(2)20-17(24-18)13-15-7-5-4-6-8-15/h4-8,16H,3,9-13H2,1-2H3,(H,21,23). The first-order chi connectivity index (χ1) is 11.7. The minimum Gasteiger partial charge on any atom is -0.348 e. The van der Waals surface area contributed by atoms with Gasteiger partial charge in [0.05, 0.1) is 10.7 Å². The molecule has 1 aromatic carbocycles. The monoisotopic (exact) mass is 343 g/mol. The Bertz CT molecular complexity index is 675. The van der Waals surface area contributed by atoms with E-state index in [1.165, 1.54) is 16.9 Å². The molecule has 1 amide bonds. The summed E-state index contributed by atoms with van der Waals surface area (Å²) >= 11 is 1.52. The van der Waals surface area contributed by atoms with Crippen LogP contribution >= 0.6 is 11.3 Å². The molecule has 5 heteroatoms. The predicted octanol–water partition coefficient (Wildman–Crippen LogP) is 3.26. The zero-order chi connectivity index (χ0) is 16.9. The van der Waals surface area contributed by atoms with Crippen molar-refractivity contribution < 1.29 is 4.79 Å². The highest BCUT2D eigenvalue weighted by Gasteiger charge is 2.22. The number of nitrogens with zero attached hydrogens (tertiary/aromatic N) is 2. The number of hydrogen-bond acceptors (Lipinski definition) is 4. The molecule has 1 aliphatic rings. The molecule has 128 valence electrons. The third kappa shape index (κ3) is 4.22. The largest absolute Gasteiger partial charge is 0.348 e. The van der Waals surface area contributed by atoms with Crippen molar-refractivity contribution in [2.45, 2.75) is 39.2 Å². The van der Waals surface area contributed by atoms with Gasteiger partial charge >= 0.3 is 0 Å². The van der Waals surface area contributed by atoms with E-state index in [1.807, 2.05) is 25.1 Å². The van der Waals surface area contributed by atoms with Crippen LogP contribution in [0.1, 0.15) is 45.7 Å². The summed E-state index contributed by atoms with van der Waals surface area (Å²) in [5.74, 6) is 0.0410. The number of benzene rings is 1. The van der Waals surface area contributed by atoms with E-state index in [0.717, 1.165) is 54.5 Å². The number of thiazole rings is 1. The number of rotatable bonds is 5. The van der Waals surface area contributed by atoms with Crippen molar-refractivity contribution in [2.24, 2.45) is 0 Å². The minimum atomic E-state index is 0.0410. The van der Waals surface area contributed by atoms with Gasteiger partial charge in [0.2, 0.25) is 0 Å². The van der Waals surface area contributed by atoms with Crippen LogP contribution in [0.2, 0.25) is 0 Å². The number of carbonyl (C=O) groups is 1. The van der Waals surface area contributed by atoms with Crippen LogP contribution < -0.4 is 5.32 Å². The van der Waals surface area contributed by atoms with E-state index >= 15 is 0 Å². The van der Waals surface area contributed by atoms with E-state index in [-0.39, 0.29) is 5.91 Å². The summed E-state index contributed by atoms with van der Waals surface area (Å²) in [5.41, 5.74) is 2.07. The molecule has 4 nitrogen and oxygen atoms in total. The Kier molecular flexibility index (Phi) is 5.63. The van der Waals surface area contributed by atoms with Crippen LogP contribution in [0.3, 0.4) is 0 Å². The maximum Gasteiger partial charge on any atom is 0.263 e. The van der Waals surface area contributed by atoms with Gasteiger partial charge in [0.25, 0.3) is 5.91 Å². The number of likely N-dealkylation sites (tertiary alicyclic amines) is 1. The Labute approximate surface area is 147 Å². The molecule has 1 saturated heterocycles. The predicted molar refractivity (Wildman–Crippen MR) is 98.7 cm³/mol. The van der Waals surface area contributed by atoms with E-state index in [4.69, 9.17) is 0 Å². The van der Waals surface area contributed by atoms with Crippen LogP contribution in [0.4, 0.5) is 0 Å². The summed E-state index contributed by atoms with van der Waals surface area (Å²) in [6, 6.07) is 10.6. The Morgan fingerprint density at radius 2 is 2.00 bits per heavy atom. The molecule has 0 unspecified atom stereocenters. The summed E-state index contributed by atoms with van der Waals surface area (Å²) < 4.78 is 0. The van der Waals surface area contributed by atoms with Crippen molar-refractivity contribution in [3.63, 3.8) is 0 Å². The lowest BCUT2D eigenvalue weighted by Crippen LogP contribution is -2.44. The van der Waals surface area contributed by atoms with Gasteiger partial charge in [-0.3, -0.25) is 4.79 Å². The maximum absolute atomic E-state index is 12.6. The second-order valence-electron chi connectivity index (χ2n) is 6.37. The lowest BCUT2D eigenvalue weighted by Gasteiger charge is -2.31. The summed E-state index contributed by atoms with van der Waals surface area (Å²) in [7, 11) is 0. The topological polar surface area (TPSA) is 45.2 Å². The van der Waals surface area contributed by atoms with Gasteiger partial charge in [-0.05, 0) is 31.9 Å². The van der Waals surface area contributed by atoms with Gasteiger partial charge in [-0.1, -0.05) is 37.3 Å². The number of piperidine rings is 1. The van der Waals surface area contributed by atoms with Crippen LogP contribution in [0.25, 0.3) is 0 Å². The first-order valence-electron chi connectivity index (χ1n) is 8.69. The number of amides is 1. The highest BCUT2D eigenvalue weighted by Crippen LogP contribution is 2.21. The normalized spacial score (nSPS) is 16.2. The molecule has 0 saturated carbocycles. The van der Waals surface area contributed by atoms with E-state index in [9.17, 15) is 4.79 Å². The van der Waals surface area contributed by atoms with Gasteiger partial charge in [-0.15, -0.1) is 11.3 Å². The fourth-order valence-electron chi connectivity index (χ4n) is 3.15. The molecular formula is C19H25N3OS. The fraction of sp³-hybridized carbons (Fsp3) is 0.474. The molecule has 1 N–H and O–H groups in total. The Morgan fingerprint density at radius 3 is 2.67 bits per heavy atom. The van der Waals surface area contributed by atoms with Crippen molar-refractivity contribution in [1.82, 2.24) is 15.2 Å². The van der Waals surface area contributed by atoms with E-state index in [1.54, 1.807) is 0 Å². The van der Waals surface area contributed by atoms with Crippen LogP contribution in [0.5, 0.6) is 0 Å². The molecule has 1 aliphatic heterocycles. The van der Waals surface area contributed by atoms with Gasteiger partial charge in [0.1, 0.15) is 4.88 Å². The molecule has 0 radical (unpaired) electrons. The van der Waals surface area contributed by atoms with Gasteiger partial charge < -0.3 is 10.2 Å². The Hall–Kier alpha value is -1.72. The fourth-order valence-corrected chi connectivity index (χ4v) is 4.16. The quantitative estimate of drug-likeness (QED) is 0.906. The molecule has 2 aromatic rings. The molecule has 0 spiro atoms. The molecule has 1 aromatic heterocycles. The second-order valence-corrected chi connectivity index (χ2v) is 7.45. The molecule has 0 aliphatic carbocycles. The second kappa shape index (κ2) is 7.90. The zero-order valence-electron chi connectivity index (χ0n) is 14.4. The number of aromatic nitrogens is 1. The summed E-state index contributed by atoms with van der Waals surface area (Å²) in [4.78, 5) is 20.4. The zero-order valence-corrected chi connectivity index (χ0v) is 15.2. The van der Waals surface area contributed by atoms with Crippen molar-refractivity contribution in [1.29, 1.82) is 0 Å². The SMILES string of the molecule is CCN1CCC(NC(=O)c2sc(Cc3ccccc3)nc2C)CC1. The summed E-state index contributed by atoms with van der Waals surface area (Å²) in [6.07, 6.45) is 2.86. The smallest absolute Gasteiger partial charge is 0.263 e. The number of aryl methyl sites for hydroxylation is 1. The van der Waals surface area contributed by atoms with Gasteiger partial charge in [-0.25, -0.2) is 4.98 Å². The molecule has 0 atom stereocenters. The number of nitrogens with one attached hydrogen (secondary N) is 1. The molecule has 2 heterocycles. The van der Waals surface area contributed by atoms with Crippen LogP contribution in [-0.4, -0.2) is 41.5 Å². The maximum atomic E-state index is 12.6. The first-order valence-corrected chi connectivity index (χ1v) is 9.50. The summed E-state index contributed by atoms with van der Waals surface area (Å²) in [6.45, 7) is 7.36. The van der Waals surface area contributed by atoms with E-state index < -0.39 is 0 Å². The van der Waals surface area contributed by atoms with Gasteiger partial charge in [0.15, 0.2) is 0 Å². The average Bonchev–Trinajstić information content (AvgIpc) is 2.97. The van der Waals surface area contributed by atoms with Crippen molar-refractivity contribution >= 4 is 17.2 Å². The molecular weight excluding hydrogens is 318 g/mol. The highest BCUT2D eigenvalue weighted by atomic mass is 32.1. The van der Waals surface area contributed by atoms with Crippen molar-refractivity contribution in [2.75, 3.05) is 19.6 Å². The minimum absolute atomic E-state index is 0.0410. The average molecular weight is 343 g/mol. The lowest BCUT2D eigenvalue weighted by molar-refractivity contribution is 0.0916. The van der Waals surface area contributed by atoms with Crippen LogP contribution in [-0.2, 0) is 6.42 Å². The molecule has 1 fully saturated rings. The molecule has 0 bridgehead atoms. The third-order valence-electron chi connectivity index (χ3n) is 4.62. The van der Waals surface area contributed by atoms with Crippen molar-refractivity contribution in [3.05, 3.63) is 51.5 Å². The van der Waals surface area contributed by atoms with Crippen LogP contribution in [0.15, 0.2) is 30.3 Å². The highest BCUT2D eigenvalue weighted by molar-refractivity contribution is 7.13. The first kappa shape index (κ1) is 17.1. The van der Waals surface area contributed by atoms with Gasteiger partial charge in [0, 0.05) is 25.6 Å². The van der Waals surface area contributed by atoms with Crippen LogP contribution in [0, 0.1) is 6.92 Å². The van der Waals surface area contributed by atoms with E-state index in [0.29, 0.717) is 6.04 Å². The number of hydrogen-bond donors (Lipinski definition) is 1. The molecule has 24 heavy (non-hydrogen) atoms. The third-order valence-corrected chi connectivity index (χ3v) is 5.77. The lowest BCUT2D eigenvalue weighted by atomic mass is 10.1. The Balaban J connectivity index is 1.61. The summed E-state index contributed by atoms with van der Waals surface area (Å²) in [5, 5.41) is 4.21. The number of carbonyl (C=O) groups excluding carboxylic acids is 1. The Morgan fingerprint density at radius 1 is 1.29 bits per heavy atom. The molecule has 3 rings (SSSR count).